The number of carbonyl (C=O) groups is 4. The molecule has 1 spiro atoms. The van der Waals surface area contributed by atoms with Crippen LogP contribution >= 0.6 is 11.6 Å². The van der Waals surface area contributed by atoms with Gasteiger partial charge in [-0.15, -0.1) is 0 Å². The Bertz CT molecular complexity index is 2070. The van der Waals surface area contributed by atoms with Crippen LogP contribution in [0, 0.1) is 16.7 Å². The van der Waals surface area contributed by atoms with E-state index in [0.717, 1.165) is 102 Å². The van der Waals surface area contributed by atoms with E-state index in [0.29, 0.717) is 40.2 Å². The fourth-order valence-corrected chi connectivity index (χ4v) is 9.82. The number of amides is 4. The molecule has 5 aliphatic heterocycles. The van der Waals surface area contributed by atoms with E-state index < -0.39 is 11.9 Å². The SMILES string of the molecule is CC(CCC(=O)NC=O)N1C(=O)c2ccc(N3CC(N4CCN(Cc5ccc(N6CCC7(CC6)CC(C)N(c6ccc(C#N)c(Cl)c6)C7)cn5)CC4)C3)cc2C1=O. The van der Waals surface area contributed by atoms with Crippen LogP contribution in [0.3, 0.4) is 0 Å². The molecule has 2 unspecified atom stereocenters. The van der Waals surface area contributed by atoms with Gasteiger partial charge in [0, 0.05) is 101 Å². The lowest BCUT2D eigenvalue weighted by Gasteiger charge is -2.49. The first-order valence-corrected chi connectivity index (χ1v) is 20.5. The summed E-state index contributed by atoms with van der Waals surface area (Å²) in [5.41, 5.74) is 5.94. The van der Waals surface area contributed by atoms with Crippen LogP contribution in [0.25, 0.3) is 0 Å². The number of nitrogens with zero attached hydrogens (tertiary/aromatic N) is 8. The number of halogens is 1. The molecule has 57 heavy (non-hydrogen) atoms. The normalized spacial score (nSPS) is 21.8. The molecule has 4 amide bonds. The van der Waals surface area contributed by atoms with Crippen molar-refractivity contribution < 1.29 is 19.2 Å². The maximum Gasteiger partial charge on any atom is 0.261 e. The number of benzene rings is 2. The third-order valence-electron chi connectivity index (χ3n) is 13.1. The minimum Gasteiger partial charge on any atom is -0.370 e. The first-order valence-electron chi connectivity index (χ1n) is 20.2. The number of hydrogen-bond acceptors (Lipinski definition) is 11. The van der Waals surface area contributed by atoms with Gasteiger partial charge in [-0.1, -0.05) is 11.6 Å². The zero-order valence-corrected chi connectivity index (χ0v) is 33.5. The number of imide groups is 2. The van der Waals surface area contributed by atoms with Crippen molar-refractivity contribution in [3.05, 3.63) is 82.1 Å². The predicted octanol–water partition coefficient (Wildman–Crippen LogP) is 4.54. The number of piperazine rings is 1. The summed E-state index contributed by atoms with van der Waals surface area (Å²) in [5.74, 6) is -1.11. The summed E-state index contributed by atoms with van der Waals surface area (Å²) >= 11 is 6.38. The van der Waals surface area contributed by atoms with Crippen molar-refractivity contribution in [3.63, 3.8) is 0 Å². The molecule has 3 aromatic rings. The monoisotopic (exact) mass is 791 g/mol. The zero-order valence-electron chi connectivity index (χ0n) is 32.7. The molecule has 4 fully saturated rings. The van der Waals surface area contributed by atoms with Crippen molar-refractivity contribution >= 4 is 52.8 Å². The summed E-state index contributed by atoms with van der Waals surface area (Å²) < 4.78 is 0. The second-order valence-corrected chi connectivity index (χ2v) is 17.0. The fourth-order valence-electron chi connectivity index (χ4n) is 9.60. The molecular formula is C43H50ClN9O4. The van der Waals surface area contributed by atoms with Gasteiger partial charge in [-0.25, -0.2) is 0 Å². The van der Waals surface area contributed by atoms with E-state index in [1.807, 2.05) is 36.5 Å². The van der Waals surface area contributed by atoms with E-state index in [2.05, 4.69) is 54.9 Å². The molecule has 13 nitrogen and oxygen atoms in total. The minimum absolute atomic E-state index is 0.0488. The van der Waals surface area contributed by atoms with Crippen LogP contribution in [-0.2, 0) is 16.1 Å². The van der Waals surface area contributed by atoms with Crippen molar-refractivity contribution in [3.8, 4) is 6.07 Å². The van der Waals surface area contributed by atoms with E-state index in [9.17, 15) is 24.4 Å². The summed E-state index contributed by atoms with van der Waals surface area (Å²) in [5, 5.41) is 11.9. The van der Waals surface area contributed by atoms with Crippen LogP contribution < -0.4 is 20.0 Å². The lowest BCUT2D eigenvalue weighted by atomic mass is 9.76. The van der Waals surface area contributed by atoms with Gasteiger partial charge in [0.2, 0.25) is 12.3 Å². The maximum absolute atomic E-state index is 13.3. The quantitative estimate of drug-likeness (QED) is 0.217. The molecule has 0 aliphatic carbocycles. The van der Waals surface area contributed by atoms with Gasteiger partial charge in [0.1, 0.15) is 6.07 Å². The highest BCUT2D eigenvalue weighted by Gasteiger charge is 2.44. The number of nitriles is 1. The Balaban J connectivity index is 0.770. The lowest BCUT2D eigenvalue weighted by Crippen LogP contribution is -2.63. The number of nitrogens with one attached hydrogen (secondary N) is 1. The Labute approximate surface area is 339 Å². The first-order chi connectivity index (χ1) is 27.5. The molecule has 14 heteroatoms. The molecule has 1 N–H and O–H groups in total. The highest BCUT2D eigenvalue weighted by Crippen LogP contribution is 2.46. The van der Waals surface area contributed by atoms with Crippen LogP contribution in [-0.4, -0.2) is 121 Å². The molecule has 298 valence electrons. The second kappa shape index (κ2) is 16.1. The summed E-state index contributed by atoms with van der Waals surface area (Å²) in [6.07, 6.45) is 6.16. The topological polar surface area (TPSA) is 136 Å². The average Bonchev–Trinajstić information content (AvgIpc) is 3.65. The standard InChI is InChI=1S/C43H50ClN9O4/c1-29(3-10-40(55)47-28-54)53-41(56)37-9-8-33(19-38(37)42(53)57)51-25-36(26-51)50-17-15-48(16-18-50)24-32-5-7-35(23-46-32)49-13-11-43(12-14-49)21-30(2)52(27-43)34-6-4-31(22-45)39(44)20-34/h4-9,19-20,23,28-30,36H,3,10-18,21,24-27H2,1-2H3,(H,47,54,55). The summed E-state index contributed by atoms with van der Waals surface area (Å²) in [6.45, 7) is 13.6. The molecule has 2 atom stereocenters. The van der Waals surface area contributed by atoms with Gasteiger partial charge in [0.05, 0.1) is 39.3 Å². The van der Waals surface area contributed by atoms with Crippen LogP contribution in [0.5, 0.6) is 0 Å². The molecule has 5 aliphatic rings. The van der Waals surface area contributed by atoms with Crippen molar-refractivity contribution in [2.75, 3.05) is 73.6 Å². The number of rotatable bonds is 11. The van der Waals surface area contributed by atoms with Gasteiger partial charge >= 0.3 is 0 Å². The molecule has 6 heterocycles. The van der Waals surface area contributed by atoms with Crippen molar-refractivity contribution in [1.29, 1.82) is 5.26 Å². The molecule has 8 rings (SSSR count). The third-order valence-corrected chi connectivity index (χ3v) is 13.4. The van der Waals surface area contributed by atoms with E-state index in [1.165, 1.54) is 10.6 Å². The minimum atomic E-state index is -0.466. The van der Waals surface area contributed by atoms with Crippen molar-refractivity contribution in [2.45, 2.75) is 70.6 Å². The highest BCUT2D eigenvalue weighted by atomic mass is 35.5. The fraction of sp³-hybridized carbons (Fsp3) is 0.488. The molecule has 2 aromatic carbocycles. The van der Waals surface area contributed by atoms with Gasteiger partial charge in [-0.3, -0.25) is 44.2 Å². The third kappa shape index (κ3) is 7.83. The van der Waals surface area contributed by atoms with Crippen molar-refractivity contribution in [2.24, 2.45) is 5.41 Å². The Kier molecular flexibility index (Phi) is 11.0. The predicted molar refractivity (Wildman–Crippen MR) is 218 cm³/mol. The number of aromatic nitrogens is 1. The summed E-state index contributed by atoms with van der Waals surface area (Å²) in [6, 6.07) is 18.3. The highest BCUT2D eigenvalue weighted by molar-refractivity contribution is 6.32. The van der Waals surface area contributed by atoms with E-state index in [1.54, 1.807) is 13.0 Å². The lowest BCUT2D eigenvalue weighted by molar-refractivity contribution is -0.125. The first kappa shape index (κ1) is 38.8. The van der Waals surface area contributed by atoms with Gasteiger partial charge < -0.3 is 14.7 Å². The Morgan fingerprint density at radius 1 is 0.965 bits per heavy atom. The maximum atomic E-state index is 13.3. The Hall–Kier alpha value is -5.03. The molecule has 4 saturated heterocycles. The van der Waals surface area contributed by atoms with Gasteiger partial charge in [-0.05, 0) is 93.5 Å². The average molecular weight is 792 g/mol. The molecule has 0 saturated carbocycles. The Morgan fingerprint density at radius 2 is 1.68 bits per heavy atom. The van der Waals surface area contributed by atoms with E-state index in [4.69, 9.17) is 16.6 Å². The number of carbonyl (C=O) groups excluding carboxylic acids is 4. The zero-order chi connectivity index (χ0) is 39.8. The molecule has 1 aromatic heterocycles. The second-order valence-electron chi connectivity index (χ2n) is 16.6. The summed E-state index contributed by atoms with van der Waals surface area (Å²) in [4.78, 5) is 67.0. The van der Waals surface area contributed by atoms with Crippen LogP contribution in [0.4, 0.5) is 17.1 Å². The smallest absolute Gasteiger partial charge is 0.261 e. The number of fused-ring (bicyclic) bond motifs is 1. The van der Waals surface area contributed by atoms with E-state index >= 15 is 0 Å². The van der Waals surface area contributed by atoms with Crippen LogP contribution in [0.1, 0.15) is 77.9 Å². The molecule has 0 radical (unpaired) electrons. The van der Waals surface area contributed by atoms with Gasteiger partial charge in [0.15, 0.2) is 0 Å². The van der Waals surface area contributed by atoms with Crippen molar-refractivity contribution in [1.82, 2.24) is 25.0 Å². The van der Waals surface area contributed by atoms with Crippen LogP contribution in [0.15, 0.2) is 54.7 Å². The Morgan fingerprint density at radius 3 is 2.37 bits per heavy atom. The van der Waals surface area contributed by atoms with Gasteiger partial charge in [-0.2, -0.15) is 5.26 Å². The molecular weight excluding hydrogens is 742 g/mol. The number of pyridine rings is 1. The van der Waals surface area contributed by atoms with Crippen LogP contribution in [0.2, 0.25) is 5.02 Å². The van der Waals surface area contributed by atoms with E-state index in [-0.39, 0.29) is 30.1 Å². The largest absolute Gasteiger partial charge is 0.370 e. The number of hydrogen-bond donors (Lipinski definition) is 1. The summed E-state index contributed by atoms with van der Waals surface area (Å²) in [7, 11) is 0. The molecule has 0 bridgehead atoms. The number of anilines is 3. The number of piperidine rings is 1. The van der Waals surface area contributed by atoms with Gasteiger partial charge in [0.25, 0.3) is 11.8 Å².